The van der Waals surface area contributed by atoms with Crippen molar-refractivity contribution in [2.24, 2.45) is 11.8 Å². The highest BCUT2D eigenvalue weighted by Gasteiger charge is 2.53. The van der Waals surface area contributed by atoms with Gasteiger partial charge in [0.1, 0.15) is 5.82 Å². The predicted molar refractivity (Wildman–Crippen MR) is 73.2 cm³/mol. The summed E-state index contributed by atoms with van der Waals surface area (Å²) in [5.41, 5.74) is 0. The summed E-state index contributed by atoms with van der Waals surface area (Å²) in [6, 6.07) is 2.28. The zero-order valence-electron chi connectivity index (χ0n) is 11.0. The number of alkyl halides is 3. The predicted octanol–water partition coefficient (Wildman–Crippen LogP) is 2.57. The number of carbonyl (C=O) groups excluding carboxylic acids is 1. The molecule has 1 aromatic heterocycles. The van der Waals surface area contributed by atoms with E-state index in [1.165, 1.54) is 12.3 Å². The van der Waals surface area contributed by atoms with E-state index in [2.05, 4.69) is 26.2 Å². The van der Waals surface area contributed by atoms with Gasteiger partial charge >= 0.3 is 18.2 Å². The maximum absolute atomic E-state index is 12.8. The van der Waals surface area contributed by atoms with Crippen molar-refractivity contribution in [3.8, 4) is 0 Å². The number of aromatic nitrogens is 1. The van der Waals surface area contributed by atoms with Gasteiger partial charge in [-0.05, 0) is 12.1 Å². The Morgan fingerprint density at radius 3 is 2.59 bits per heavy atom. The first kappa shape index (κ1) is 16.5. The fourth-order valence-electron chi connectivity index (χ4n) is 2.21. The molecule has 2 heterocycles. The van der Waals surface area contributed by atoms with Crippen LogP contribution in [0.2, 0.25) is 0 Å². The zero-order valence-corrected chi connectivity index (χ0v) is 12.6. The molecule has 1 aliphatic rings. The largest absolute Gasteiger partial charge is 0.481 e. The quantitative estimate of drug-likeness (QED) is 0.824. The van der Waals surface area contributed by atoms with Crippen LogP contribution in [0.5, 0.6) is 0 Å². The number of likely N-dealkylation sites (tertiary alicyclic amines) is 1. The molecule has 0 radical (unpaired) electrons. The van der Waals surface area contributed by atoms with Crippen molar-refractivity contribution >= 4 is 33.7 Å². The highest BCUT2D eigenvalue weighted by Crippen LogP contribution is 2.37. The van der Waals surface area contributed by atoms with Gasteiger partial charge < -0.3 is 10.0 Å². The zero-order chi connectivity index (χ0) is 16.5. The molecule has 0 unspecified atom stereocenters. The summed E-state index contributed by atoms with van der Waals surface area (Å²) in [4.78, 5) is 27.6. The second kappa shape index (κ2) is 6.11. The molecule has 120 valence electrons. The van der Waals surface area contributed by atoms with E-state index in [1.807, 2.05) is 0 Å². The molecular formula is C12H11BrF3N3O3. The van der Waals surface area contributed by atoms with Gasteiger partial charge in [0, 0.05) is 23.8 Å². The van der Waals surface area contributed by atoms with Crippen molar-refractivity contribution in [3.05, 3.63) is 22.8 Å². The van der Waals surface area contributed by atoms with E-state index in [-0.39, 0.29) is 5.82 Å². The first-order chi connectivity index (χ1) is 10.2. The Labute approximate surface area is 131 Å². The van der Waals surface area contributed by atoms with Crippen LogP contribution in [0.3, 0.4) is 0 Å². The summed E-state index contributed by atoms with van der Waals surface area (Å²) in [6.07, 6.45) is -3.27. The standard InChI is InChI=1S/C12H11BrF3N3O3/c13-6-1-2-17-9(3-6)18-11(22)19-4-7(10(20)21)8(5-19)12(14,15)16/h1-3,7-8H,4-5H2,(H,20,21)(H,17,18,22)/t7-,8-/m1/s1. The van der Waals surface area contributed by atoms with Crippen LogP contribution >= 0.6 is 15.9 Å². The van der Waals surface area contributed by atoms with Crippen molar-refractivity contribution in [1.82, 2.24) is 9.88 Å². The second-order valence-electron chi connectivity index (χ2n) is 4.79. The van der Waals surface area contributed by atoms with Gasteiger partial charge in [0.15, 0.2) is 0 Å². The number of amides is 2. The maximum Gasteiger partial charge on any atom is 0.394 e. The number of carboxylic acid groups (broad SMARTS) is 1. The SMILES string of the molecule is O=C(O)[C@@H]1CN(C(=O)Nc2cc(Br)ccn2)C[C@H]1C(F)(F)F. The summed E-state index contributed by atoms with van der Waals surface area (Å²) in [5, 5.41) is 11.2. The van der Waals surface area contributed by atoms with Gasteiger partial charge in [0.25, 0.3) is 0 Å². The van der Waals surface area contributed by atoms with Crippen molar-refractivity contribution in [2.75, 3.05) is 18.4 Å². The topological polar surface area (TPSA) is 82.5 Å². The fraction of sp³-hybridized carbons (Fsp3) is 0.417. The van der Waals surface area contributed by atoms with Gasteiger partial charge in [-0.15, -0.1) is 0 Å². The lowest BCUT2D eigenvalue weighted by Crippen LogP contribution is -2.35. The van der Waals surface area contributed by atoms with Gasteiger partial charge in [-0.3, -0.25) is 10.1 Å². The molecule has 1 aromatic rings. The molecule has 2 N–H and O–H groups in total. The van der Waals surface area contributed by atoms with Crippen LogP contribution in [0.4, 0.5) is 23.8 Å². The second-order valence-corrected chi connectivity index (χ2v) is 5.70. The lowest BCUT2D eigenvalue weighted by atomic mass is 9.96. The van der Waals surface area contributed by atoms with Crippen molar-refractivity contribution in [3.63, 3.8) is 0 Å². The van der Waals surface area contributed by atoms with Crippen molar-refractivity contribution in [2.45, 2.75) is 6.18 Å². The van der Waals surface area contributed by atoms with Gasteiger partial charge in [-0.25, -0.2) is 9.78 Å². The van der Waals surface area contributed by atoms with Crippen LogP contribution in [0.25, 0.3) is 0 Å². The number of carbonyl (C=O) groups is 2. The maximum atomic E-state index is 12.8. The minimum atomic E-state index is -4.67. The molecule has 22 heavy (non-hydrogen) atoms. The van der Waals surface area contributed by atoms with Crippen LogP contribution in [-0.2, 0) is 4.79 Å². The number of urea groups is 1. The van der Waals surface area contributed by atoms with E-state index in [9.17, 15) is 22.8 Å². The number of nitrogens with one attached hydrogen (secondary N) is 1. The van der Waals surface area contributed by atoms with Crippen LogP contribution in [0.15, 0.2) is 22.8 Å². The molecule has 0 spiro atoms. The monoisotopic (exact) mass is 381 g/mol. The summed E-state index contributed by atoms with van der Waals surface area (Å²) >= 11 is 3.17. The minimum Gasteiger partial charge on any atom is -0.481 e. The van der Waals surface area contributed by atoms with Crippen molar-refractivity contribution in [1.29, 1.82) is 0 Å². The molecule has 2 amide bonds. The van der Waals surface area contributed by atoms with Crippen LogP contribution in [0.1, 0.15) is 0 Å². The third kappa shape index (κ3) is 3.67. The first-order valence-electron chi connectivity index (χ1n) is 6.15. The number of carboxylic acids is 1. The number of hydrogen-bond donors (Lipinski definition) is 2. The van der Waals surface area contributed by atoms with E-state index < -0.39 is 43.1 Å². The molecule has 6 nitrogen and oxygen atoms in total. The Morgan fingerprint density at radius 2 is 2.09 bits per heavy atom. The third-order valence-corrected chi connectivity index (χ3v) is 3.79. The summed E-state index contributed by atoms with van der Waals surface area (Å²) < 4.78 is 39.2. The van der Waals surface area contributed by atoms with Gasteiger partial charge in [0.05, 0.1) is 11.8 Å². The van der Waals surface area contributed by atoms with E-state index in [1.54, 1.807) is 6.07 Å². The molecule has 10 heteroatoms. The first-order valence-corrected chi connectivity index (χ1v) is 6.95. The average molecular weight is 382 g/mol. The Kier molecular flexibility index (Phi) is 4.59. The number of nitrogens with zero attached hydrogens (tertiary/aromatic N) is 2. The number of rotatable bonds is 2. The van der Waals surface area contributed by atoms with Crippen molar-refractivity contribution < 1.29 is 27.9 Å². The normalized spacial score (nSPS) is 21.7. The molecule has 1 aliphatic heterocycles. The van der Waals surface area contributed by atoms with E-state index in [4.69, 9.17) is 5.11 Å². The number of hydrogen-bond acceptors (Lipinski definition) is 3. The van der Waals surface area contributed by atoms with E-state index >= 15 is 0 Å². The number of halogens is 4. The fourth-order valence-corrected chi connectivity index (χ4v) is 2.55. The van der Waals surface area contributed by atoms with Gasteiger partial charge in [-0.2, -0.15) is 13.2 Å². The highest BCUT2D eigenvalue weighted by atomic mass is 79.9. The molecular weight excluding hydrogens is 371 g/mol. The number of anilines is 1. The van der Waals surface area contributed by atoms with Crippen LogP contribution in [-0.4, -0.2) is 46.3 Å². The molecule has 0 bridgehead atoms. The van der Waals surface area contributed by atoms with Crippen LogP contribution in [0, 0.1) is 11.8 Å². The highest BCUT2D eigenvalue weighted by molar-refractivity contribution is 9.10. The number of pyridine rings is 1. The average Bonchev–Trinajstić information content (AvgIpc) is 2.83. The van der Waals surface area contributed by atoms with Crippen LogP contribution < -0.4 is 5.32 Å². The Morgan fingerprint density at radius 1 is 1.41 bits per heavy atom. The Bertz CT molecular complexity index is 596. The van der Waals surface area contributed by atoms with E-state index in [0.29, 0.717) is 4.47 Å². The molecule has 2 atom stereocenters. The molecule has 1 fully saturated rings. The Hall–Kier alpha value is -1.84. The minimum absolute atomic E-state index is 0.154. The molecule has 0 aromatic carbocycles. The van der Waals surface area contributed by atoms with E-state index in [0.717, 1.165) is 4.90 Å². The van der Waals surface area contributed by atoms with Gasteiger partial charge in [-0.1, -0.05) is 15.9 Å². The summed E-state index contributed by atoms with van der Waals surface area (Å²) in [7, 11) is 0. The van der Waals surface area contributed by atoms with Gasteiger partial charge in [0.2, 0.25) is 0 Å². The summed E-state index contributed by atoms with van der Waals surface area (Å²) in [5.74, 6) is -5.16. The molecule has 0 saturated carbocycles. The third-order valence-electron chi connectivity index (χ3n) is 3.30. The molecule has 2 rings (SSSR count). The lowest BCUT2D eigenvalue weighted by Gasteiger charge is -2.18. The Balaban J connectivity index is 2.10. The smallest absolute Gasteiger partial charge is 0.394 e. The molecule has 1 saturated heterocycles. The lowest BCUT2D eigenvalue weighted by molar-refractivity contribution is -0.187. The number of aliphatic carboxylic acids is 1. The summed E-state index contributed by atoms with van der Waals surface area (Å²) in [6.45, 7) is -1.19. The molecule has 0 aliphatic carbocycles.